The van der Waals surface area contributed by atoms with Crippen molar-refractivity contribution in [1.82, 2.24) is 16.0 Å². The summed E-state index contributed by atoms with van der Waals surface area (Å²) in [6, 6.07) is -0.406. The lowest BCUT2D eigenvalue weighted by Gasteiger charge is -2.10. The van der Waals surface area contributed by atoms with E-state index < -0.39 is 12.1 Å². The molecule has 2 amide bonds. The Bertz CT molecular complexity index is 272. The number of hydrogen-bond acceptors (Lipinski definition) is 5. The van der Waals surface area contributed by atoms with Crippen LogP contribution >= 0.6 is 0 Å². The molecule has 2 atom stereocenters. The second kappa shape index (κ2) is 7.21. The molecule has 1 aliphatic heterocycles. The number of carbonyl (C=O) groups is 2. The number of aliphatic hydroxyl groups excluding tert-OH is 1. The molecule has 0 spiro atoms. The third kappa shape index (κ3) is 5.12. The summed E-state index contributed by atoms with van der Waals surface area (Å²) in [5.41, 5.74) is 0. The Kier molecular flexibility index (Phi) is 5.88. The van der Waals surface area contributed by atoms with Gasteiger partial charge in [-0.25, -0.2) is 0 Å². The molecule has 17 heavy (non-hydrogen) atoms. The van der Waals surface area contributed by atoms with Crippen LogP contribution < -0.4 is 16.0 Å². The smallest absolute Gasteiger partial charge is 0.239 e. The topological polar surface area (TPSA) is 99.7 Å². The normalized spacial score (nSPS) is 23.4. The second-order valence-corrected chi connectivity index (χ2v) is 3.91. The van der Waals surface area contributed by atoms with Crippen molar-refractivity contribution in [2.45, 2.75) is 18.6 Å². The van der Waals surface area contributed by atoms with E-state index in [9.17, 15) is 14.7 Å². The summed E-state index contributed by atoms with van der Waals surface area (Å²) < 4.78 is 4.77. The molecule has 0 saturated carbocycles. The van der Waals surface area contributed by atoms with Crippen LogP contribution in [-0.4, -0.2) is 62.4 Å². The molecular weight excluding hydrogens is 226 g/mol. The molecule has 0 aromatic rings. The minimum Gasteiger partial charge on any atom is -0.392 e. The summed E-state index contributed by atoms with van der Waals surface area (Å²) in [7, 11) is 1.55. The lowest BCUT2D eigenvalue weighted by molar-refractivity contribution is -0.127. The minimum absolute atomic E-state index is 0.0587. The van der Waals surface area contributed by atoms with Gasteiger partial charge in [0, 0.05) is 20.2 Å². The van der Waals surface area contributed by atoms with Crippen molar-refractivity contribution in [2.75, 3.05) is 33.4 Å². The Hall–Kier alpha value is -1.18. The summed E-state index contributed by atoms with van der Waals surface area (Å²) >= 11 is 0. The molecule has 2 unspecified atom stereocenters. The maximum atomic E-state index is 11.5. The molecule has 4 N–H and O–H groups in total. The Balaban J connectivity index is 2.13. The molecule has 0 aromatic heterocycles. The zero-order chi connectivity index (χ0) is 12.7. The van der Waals surface area contributed by atoms with Gasteiger partial charge in [-0.3, -0.25) is 9.59 Å². The van der Waals surface area contributed by atoms with Crippen molar-refractivity contribution in [3.63, 3.8) is 0 Å². The van der Waals surface area contributed by atoms with E-state index in [1.165, 1.54) is 0 Å². The molecule has 0 aromatic carbocycles. The average Bonchev–Trinajstić information content (AvgIpc) is 2.73. The van der Waals surface area contributed by atoms with Crippen LogP contribution in [-0.2, 0) is 14.3 Å². The van der Waals surface area contributed by atoms with Gasteiger partial charge in [-0.05, 0) is 6.42 Å². The van der Waals surface area contributed by atoms with Crippen LogP contribution in [0.2, 0.25) is 0 Å². The SMILES string of the molecule is COCCNC(=O)CNC(=O)C1CC(O)CN1. The molecule has 0 aliphatic carbocycles. The zero-order valence-corrected chi connectivity index (χ0v) is 9.86. The third-order valence-electron chi connectivity index (χ3n) is 2.48. The third-order valence-corrected chi connectivity index (χ3v) is 2.48. The summed E-state index contributed by atoms with van der Waals surface area (Å²) in [5, 5.41) is 17.2. The molecule has 0 bridgehead atoms. The van der Waals surface area contributed by atoms with Crippen molar-refractivity contribution in [2.24, 2.45) is 0 Å². The van der Waals surface area contributed by atoms with Crippen LogP contribution in [0.1, 0.15) is 6.42 Å². The first-order chi connectivity index (χ1) is 8.13. The molecule has 1 heterocycles. The molecule has 98 valence electrons. The summed E-state index contributed by atoms with van der Waals surface area (Å²) in [5.74, 6) is -0.516. The highest BCUT2D eigenvalue weighted by Gasteiger charge is 2.27. The van der Waals surface area contributed by atoms with Crippen LogP contribution in [0, 0.1) is 0 Å². The molecule has 7 heteroatoms. The molecule has 1 saturated heterocycles. The van der Waals surface area contributed by atoms with E-state index in [4.69, 9.17) is 4.74 Å². The maximum absolute atomic E-state index is 11.5. The van der Waals surface area contributed by atoms with Crippen LogP contribution in [0.5, 0.6) is 0 Å². The quantitative estimate of drug-likeness (QED) is 0.391. The van der Waals surface area contributed by atoms with Crippen molar-refractivity contribution in [3.8, 4) is 0 Å². The molecule has 7 nitrogen and oxygen atoms in total. The number of aliphatic hydroxyl groups is 1. The van der Waals surface area contributed by atoms with Gasteiger partial charge in [-0.15, -0.1) is 0 Å². The number of ether oxygens (including phenoxy) is 1. The summed E-state index contributed by atoms with van der Waals surface area (Å²) in [6.07, 6.45) is -0.0989. The largest absolute Gasteiger partial charge is 0.392 e. The van der Waals surface area contributed by atoms with Gasteiger partial charge in [-0.1, -0.05) is 0 Å². The predicted molar refractivity (Wildman–Crippen MR) is 60.3 cm³/mol. The first-order valence-electron chi connectivity index (χ1n) is 5.58. The first kappa shape index (κ1) is 13.9. The van der Waals surface area contributed by atoms with Gasteiger partial charge in [0.05, 0.1) is 25.3 Å². The maximum Gasteiger partial charge on any atom is 0.239 e. The van der Waals surface area contributed by atoms with Crippen LogP contribution in [0.4, 0.5) is 0 Å². The lowest BCUT2D eigenvalue weighted by atomic mass is 10.2. The average molecular weight is 245 g/mol. The summed E-state index contributed by atoms with van der Waals surface area (Å²) in [4.78, 5) is 22.8. The fourth-order valence-corrected chi connectivity index (χ4v) is 1.56. The van der Waals surface area contributed by atoms with Gasteiger partial charge < -0.3 is 25.8 Å². The fourth-order valence-electron chi connectivity index (χ4n) is 1.56. The number of β-amino-alcohol motifs (C(OH)–C–C–N with tert-alkyl or cyclic N) is 1. The lowest BCUT2D eigenvalue weighted by Crippen LogP contribution is -2.45. The number of amides is 2. The Morgan fingerprint density at radius 3 is 2.82 bits per heavy atom. The van der Waals surface area contributed by atoms with E-state index in [0.717, 1.165) is 0 Å². The molecule has 1 aliphatic rings. The minimum atomic E-state index is -0.485. The van der Waals surface area contributed by atoms with E-state index in [1.807, 2.05) is 0 Å². The number of methoxy groups -OCH3 is 1. The van der Waals surface area contributed by atoms with Crippen molar-refractivity contribution in [3.05, 3.63) is 0 Å². The van der Waals surface area contributed by atoms with Crippen molar-refractivity contribution in [1.29, 1.82) is 0 Å². The highest BCUT2D eigenvalue weighted by atomic mass is 16.5. The number of nitrogens with one attached hydrogen (secondary N) is 3. The van der Waals surface area contributed by atoms with E-state index in [-0.39, 0.29) is 18.4 Å². The molecular formula is C10H19N3O4. The van der Waals surface area contributed by atoms with Crippen LogP contribution in [0.25, 0.3) is 0 Å². The Morgan fingerprint density at radius 2 is 2.24 bits per heavy atom. The van der Waals surface area contributed by atoms with Gasteiger partial charge in [0.15, 0.2) is 0 Å². The van der Waals surface area contributed by atoms with Gasteiger partial charge in [0.25, 0.3) is 0 Å². The van der Waals surface area contributed by atoms with Crippen LogP contribution in [0.15, 0.2) is 0 Å². The first-order valence-corrected chi connectivity index (χ1v) is 5.58. The highest BCUT2D eigenvalue weighted by Crippen LogP contribution is 2.05. The number of hydrogen-bond donors (Lipinski definition) is 4. The highest BCUT2D eigenvalue weighted by molar-refractivity contribution is 5.87. The van der Waals surface area contributed by atoms with Crippen molar-refractivity contribution < 1.29 is 19.4 Å². The van der Waals surface area contributed by atoms with E-state index in [0.29, 0.717) is 26.1 Å². The van der Waals surface area contributed by atoms with Gasteiger partial charge >= 0.3 is 0 Å². The Labute approximate surface area is 99.9 Å². The molecule has 1 rings (SSSR count). The second-order valence-electron chi connectivity index (χ2n) is 3.91. The molecule has 0 radical (unpaired) electrons. The van der Waals surface area contributed by atoms with Gasteiger partial charge in [0.1, 0.15) is 0 Å². The summed E-state index contributed by atoms with van der Waals surface area (Å²) in [6.45, 7) is 1.22. The number of carbonyl (C=O) groups excluding carboxylic acids is 2. The van der Waals surface area contributed by atoms with Gasteiger partial charge in [0.2, 0.25) is 11.8 Å². The zero-order valence-electron chi connectivity index (χ0n) is 9.86. The fraction of sp³-hybridized carbons (Fsp3) is 0.800. The Morgan fingerprint density at radius 1 is 1.47 bits per heavy atom. The van der Waals surface area contributed by atoms with Crippen LogP contribution in [0.3, 0.4) is 0 Å². The number of rotatable bonds is 6. The standard InChI is InChI=1S/C10H19N3O4/c1-17-3-2-11-9(15)6-13-10(16)8-4-7(14)5-12-8/h7-8,12,14H,2-6H2,1H3,(H,11,15)(H,13,16). The van der Waals surface area contributed by atoms with Gasteiger partial charge in [-0.2, -0.15) is 0 Å². The van der Waals surface area contributed by atoms with Crippen molar-refractivity contribution >= 4 is 11.8 Å². The molecule has 1 fully saturated rings. The predicted octanol–water partition coefficient (Wildman–Crippen LogP) is -2.41. The van der Waals surface area contributed by atoms with E-state index in [1.54, 1.807) is 7.11 Å². The van der Waals surface area contributed by atoms with E-state index >= 15 is 0 Å². The van der Waals surface area contributed by atoms with E-state index in [2.05, 4.69) is 16.0 Å². The monoisotopic (exact) mass is 245 g/mol.